The van der Waals surface area contributed by atoms with E-state index in [1.165, 1.54) is 4.90 Å². The van der Waals surface area contributed by atoms with E-state index >= 15 is 0 Å². The molecule has 1 heterocycles. The standard InChI is InChI=1S/C11H22N2O5S/c1-11(2,3)18-10(15)13-6-8(9(14)7-13)5-12-19(4,16)17/h8-9,12,14H,5-7H2,1-4H3. The molecule has 1 aliphatic heterocycles. The Labute approximate surface area is 114 Å². The van der Waals surface area contributed by atoms with Crippen LogP contribution in [0.1, 0.15) is 20.8 Å². The Bertz CT molecular complexity index is 429. The lowest BCUT2D eigenvalue weighted by molar-refractivity contribution is 0.0270. The van der Waals surface area contributed by atoms with Gasteiger partial charge in [0.05, 0.1) is 18.9 Å². The summed E-state index contributed by atoms with van der Waals surface area (Å²) in [5.74, 6) is -0.317. The average Bonchev–Trinajstić information content (AvgIpc) is 2.53. The van der Waals surface area contributed by atoms with E-state index in [9.17, 15) is 18.3 Å². The summed E-state index contributed by atoms with van der Waals surface area (Å²) >= 11 is 0. The number of aliphatic hydroxyl groups excluding tert-OH is 1. The van der Waals surface area contributed by atoms with E-state index < -0.39 is 27.8 Å². The molecule has 1 amide bonds. The summed E-state index contributed by atoms with van der Waals surface area (Å²) < 4.78 is 29.5. The summed E-state index contributed by atoms with van der Waals surface area (Å²) in [6.45, 7) is 5.84. The Morgan fingerprint density at radius 3 is 2.47 bits per heavy atom. The van der Waals surface area contributed by atoms with Crippen LogP contribution >= 0.6 is 0 Å². The van der Waals surface area contributed by atoms with Gasteiger partial charge >= 0.3 is 6.09 Å². The van der Waals surface area contributed by atoms with Crippen LogP contribution in [-0.2, 0) is 14.8 Å². The number of carbonyl (C=O) groups is 1. The summed E-state index contributed by atoms with van der Waals surface area (Å²) in [4.78, 5) is 13.2. The summed E-state index contributed by atoms with van der Waals surface area (Å²) in [5, 5.41) is 9.82. The van der Waals surface area contributed by atoms with Crippen molar-refractivity contribution in [2.75, 3.05) is 25.9 Å². The van der Waals surface area contributed by atoms with E-state index in [2.05, 4.69) is 4.72 Å². The molecule has 0 spiro atoms. The van der Waals surface area contributed by atoms with Gasteiger partial charge in [0.15, 0.2) is 0 Å². The van der Waals surface area contributed by atoms with E-state index in [0.29, 0.717) is 0 Å². The van der Waals surface area contributed by atoms with Crippen molar-refractivity contribution in [1.82, 2.24) is 9.62 Å². The highest BCUT2D eigenvalue weighted by Gasteiger charge is 2.36. The van der Waals surface area contributed by atoms with Crippen molar-refractivity contribution >= 4 is 16.1 Å². The number of carbonyl (C=O) groups excluding carboxylic acids is 1. The number of aliphatic hydroxyl groups is 1. The number of hydrogen-bond donors (Lipinski definition) is 2. The summed E-state index contributed by atoms with van der Waals surface area (Å²) in [6.07, 6.45) is -0.185. The molecule has 112 valence electrons. The first-order chi connectivity index (χ1) is 8.48. The minimum atomic E-state index is -3.30. The van der Waals surface area contributed by atoms with Crippen LogP contribution in [0.5, 0.6) is 0 Å². The molecule has 0 aliphatic carbocycles. The second-order valence-corrected chi connectivity index (χ2v) is 7.67. The Morgan fingerprint density at radius 1 is 1.42 bits per heavy atom. The van der Waals surface area contributed by atoms with Crippen LogP contribution < -0.4 is 4.72 Å². The van der Waals surface area contributed by atoms with Crippen molar-refractivity contribution in [3.63, 3.8) is 0 Å². The second-order valence-electron chi connectivity index (χ2n) is 5.83. The van der Waals surface area contributed by atoms with Crippen molar-refractivity contribution in [3.05, 3.63) is 0 Å². The molecular formula is C11H22N2O5S. The molecule has 7 nitrogen and oxygen atoms in total. The predicted octanol–water partition coefficient (Wildman–Crippen LogP) is -0.237. The molecule has 0 aromatic heterocycles. The van der Waals surface area contributed by atoms with Gasteiger partial charge in [-0.2, -0.15) is 0 Å². The lowest BCUT2D eigenvalue weighted by atomic mass is 10.1. The molecule has 2 unspecified atom stereocenters. The fourth-order valence-corrected chi connectivity index (χ4v) is 2.31. The third kappa shape index (κ3) is 5.75. The number of nitrogens with zero attached hydrogens (tertiary/aromatic N) is 1. The minimum absolute atomic E-state index is 0.110. The van der Waals surface area contributed by atoms with Crippen molar-refractivity contribution in [2.45, 2.75) is 32.5 Å². The monoisotopic (exact) mass is 294 g/mol. The van der Waals surface area contributed by atoms with Crippen molar-refractivity contribution in [1.29, 1.82) is 0 Å². The van der Waals surface area contributed by atoms with Gasteiger partial charge < -0.3 is 14.7 Å². The first-order valence-corrected chi connectivity index (χ1v) is 7.98. The van der Waals surface area contributed by atoms with Crippen LogP contribution in [0.2, 0.25) is 0 Å². The molecule has 1 aliphatic rings. The molecular weight excluding hydrogens is 272 g/mol. The van der Waals surface area contributed by atoms with Gasteiger partial charge in [-0.25, -0.2) is 17.9 Å². The summed E-state index contributed by atoms with van der Waals surface area (Å²) in [6, 6.07) is 0. The zero-order valence-electron chi connectivity index (χ0n) is 11.7. The van der Waals surface area contributed by atoms with Crippen LogP contribution in [0.15, 0.2) is 0 Å². The molecule has 0 radical (unpaired) electrons. The maximum absolute atomic E-state index is 11.8. The van der Waals surface area contributed by atoms with E-state index in [1.54, 1.807) is 20.8 Å². The maximum Gasteiger partial charge on any atom is 0.410 e. The number of sulfonamides is 1. The largest absolute Gasteiger partial charge is 0.444 e. The normalized spacial score (nSPS) is 24.6. The molecule has 19 heavy (non-hydrogen) atoms. The molecule has 1 rings (SSSR count). The van der Waals surface area contributed by atoms with Gasteiger partial charge in [-0.3, -0.25) is 0 Å². The minimum Gasteiger partial charge on any atom is -0.444 e. The fourth-order valence-electron chi connectivity index (χ4n) is 1.79. The molecule has 2 N–H and O–H groups in total. The van der Waals surface area contributed by atoms with Crippen LogP contribution in [0.3, 0.4) is 0 Å². The lowest BCUT2D eigenvalue weighted by Crippen LogP contribution is -2.36. The number of β-amino-alcohol motifs (C(OH)–C–C–N with tert-alkyl or cyclic N) is 1. The number of amides is 1. The van der Waals surface area contributed by atoms with Gasteiger partial charge in [0.1, 0.15) is 5.60 Å². The van der Waals surface area contributed by atoms with Gasteiger partial charge in [-0.15, -0.1) is 0 Å². The summed E-state index contributed by atoms with van der Waals surface area (Å²) in [7, 11) is -3.30. The Balaban J connectivity index is 2.53. The number of likely N-dealkylation sites (tertiary alicyclic amines) is 1. The first kappa shape index (κ1) is 16.2. The van der Waals surface area contributed by atoms with Gasteiger partial charge in [-0.05, 0) is 20.8 Å². The van der Waals surface area contributed by atoms with Crippen molar-refractivity contribution in [2.24, 2.45) is 5.92 Å². The van der Waals surface area contributed by atoms with E-state index in [-0.39, 0.29) is 25.6 Å². The van der Waals surface area contributed by atoms with E-state index in [4.69, 9.17) is 4.74 Å². The molecule has 0 saturated carbocycles. The molecule has 1 saturated heterocycles. The summed E-state index contributed by atoms with van der Waals surface area (Å²) in [5.41, 5.74) is -0.592. The quantitative estimate of drug-likeness (QED) is 0.749. The smallest absolute Gasteiger partial charge is 0.410 e. The molecule has 1 fully saturated rings. The second kappa shape index (κ2) is 5.64. The Hall–Kier alpha value is -0.860. The number of nitrogens with one attached hydrogen (secondary N) is 1. The number of hydrogen-bond acceptors (Lipinski definition) is 5. The topological polar surface area (TPSA) is 95.9 Å². The number of rotatable bonds is 3. The van der Waals surface area contributed by atoms with Crippen LogP contribution in [0.4, 0.5) is 4.79 Å². The van der Waals surface area contributed by atoms with E-state index in [1.807, 2.05) is 0 Å². The highest BCUT2D eigenvalue weighted by molar-refractivity contribution is 7.88. The molecule has 0 aromatic rings. The van der Waals surface area contributed by atoms with Crippen molar-refractivity contribution in [3.8, 4) is 0 Å². The predicted molar refractivity (Wildman–Crippen MR) is 70.2 cm³/mol. The van der Waals surface area contributed by atoms with E-state index in [0.717, 1.165) is 6.26 Å². The SMILES string of the molecule is CC(C)(C)OC(=O)N1CC(O)C(CNS(C)(=O)=O)C1. The Morgan fingerprint density at radius 2 is 2.00 bits per heavy atom. The van der Waals surface area contributed by atoms with Crippen LogP contribution in [-0.4, -0.2) is 62.1 Å². The number of ether oxygens (including phenoxy) is 1. The van der Waals surface area contributed by atoms with Crippen molar-refractivity contribution < 1.29 is 23.1 Å². The highest BCUT2D eigenvalue weighted by atomic mass is 32.2. The fraction of sp³-hybridized carbons (Fsp3) is 0.909. The molecule has 8 heteroatoms. The first-order valence-electron chi connectivity index (χ1n) is 6.08. The third-order valence-corrected chi connectivity index (χ3v) is 3.36. The zero-order valence-corrected chi connectivity index (χ0v) is 12.5. The average molecular weight is 294 g/mol. The maximum atomic E-state index is 11.8. The molecule has 0 bridgehead atoms. The Kier molecular flexibility index (Phi) is 4.81. The lowest BCUT2D eigenvalue weighted by Gasteiger charge is -2.24. The van der Waals surface area contributed by atoms with Gasteiger partial charge in [0.2, 0.25) is 10.0 Å². The highest BCUT2D eigenvalue weighted by Crippen LogP contribution is 2.19. The third-order valence-electron chi connectivity index (χ3n) is 2.67. The van der Waals surface area contributed by atoms with Gasteiger partial charge in [0.25, 0.3) is 0 Å². The molecule has 2 atom stereocenters. The van der Waals surface area contributed by atoms with Crippen LogP contribution in [0, 0.1) is 5.92 Å². The van der Waals surface area contributed by atoms with Gasteiger partial charge in [-0.1, -0.05) is 0 Å². The molecule has 0 aromatic carbocycles. The zero-order chi connectivity index (χ0) is 14.8. The van der Waals surface area contributed by atoms with Crippen LogP contribution in [0.25, 0.3) is 0 Å². The van der Waals surface area contributed by atoms with Gasteiger partial charge in [0, 0.05) is 19.0 Å².